The van der Waals surface area contributed by atoms with E-state index in [2.05, 4.69) is 22.3 Å². The number of hydrogen-bond acceptors (Lipinski definition) is 4. The standard InChI is InChI=1S/C20H22ClN5O/c1-3-9-25-13-14(4-5-19(25)27)26-10-6-17(24-26)15-12-22-18(11-16(15)21)23-20(2)7-8-20/h4-6,10-13H,3,7-9H2,1-2H3,(H,22,23). The number of aryl methyl sites for hydroxylation is 1. The van der Waals surface area contributed by atoms with Gasteiger partial charge < -0.3 is 9.88 Å². The van der Waals surface area contributed by atoms with Gasteiger partial charge in [-0.15, -0.1) is 0 Å². The molecular formula is C20H22ClN5O. The fraction of sp³-hybridized carbons (Fsp3) is 0.350. The summed E-state index contributed by atoms with van der Waals surface area (Å²) in [7, 11) is 0. The van der Waals surface area contributed by atoms with E-state index in [1.165, 1.54) is 0 Å². The minimum atomic E-state index is -0.00679. The highest BCUT2D eigenvalue weighted by molar-refractivity contribution is 6.33. The molecule has 0 saturated heterocycles. The summed E-state index contributed by atoms with van der Waals surface area (Å²) in [6.45, 7) is 4.91. The van der Waals surface area contributed by atoms with Gasteiger partial charge in [0.15, 0.2) is 0 Å². The molecule has 0 aromatic carbocycles. The fourth-order valence-corrected chi connectivity index (χ4v) is 3.24. The predicted octanol–water partition coefficient (Wildman–Crippen LogP) is 4.12. The van der Waals surface area contributed by atoms with Crippen molar-refractivity contribution >= 4 is 17.4 Å². The second kappa shape index (κ2) is 6.85. The van der Waals surface area contributed by atoms with Gasteiger partial charge >= 0.3 is 0 Å². The van der Waals surface area contributed by atoms with Gasteiger partial charge in [-0.25, -0.2) is 9.67 Å². The molecule has 0 radical (unpaired) electrons. The van der Waals surface area contributed by atoms with E-state index in [1.807, 2.05) is 31.5 Å². The molecule has 6 nitrogen and oxygen atoms in total. The highest BCUT2D eigenvalue weighted by atomic mass is 35.5. The van der Waals surface area contributed by atoms with Crippen LogP contribution in [0.4, 0.5) is 5.82 Å². The van der Waals surface area contributed by atoms with E-state index in [1.54, 1.807) is 27.6 Å². The Balaban J connectivity index is 1.61. The summed E-state index contributed by atoms with van der Waals surface area (Å²) in [5, 5.41) is 8.64. The maximum absolute atomic E-state index is 11.9. The first kappa shape index (κ1) is 17.8. The zero-order valence-corrected chi connectivity index (χ0v) is 16.2. The molecule has 0 aliphatic heterocycles. The zero-order chi connectivity index (χ0) is 19.0. The number of nitrogens with zero attached hydrogens (tertiary/aromatic N) is 4. The maximum atomic E-state index is 11.9. The molecule has 3 aromatic rings. The molecule has 3 heterocycles. The largest absolute Gasteiger partial charge is 0.365 e. The number of aromatic nitrogens is 4. The number of hydrogen-bond donors (Lipinski definition) is 1. The average molecular weight is 384 g/mol. The van der Waals surface area contributed by atoms with Crippen LogP contribution < -0.4 is 10.9 Å². The fourth-order valence-electron chi connectivity index (χ4n) is 2.99. The van der Waals surface area contributed by atoms with Crippen molar-refractivity contribution in [3.63, 3.8) is 0 Å². The molecule has 1 N–H and O–H groups in total. The molecule has 0 amide bonds. The van der Waals surface area contributed by atoms with Gasteiger partial charge in [0.2, 0.25) is 0 Å². The summed E-state index contributed by atoms with van der Waals surface area (Å²) in [4.78, 5) is 16.4. The van der Waals surface area contributed by atoms with Gasteiger partial charge in [-0.1, -0.05) is 18.5 Å². The lowest BCUT2D eigenvalue weighted by Gasteiger charge is -2.13. The molecule has 1 aliphatic carbocycles. The van der Waals surface area contributed by atoms with Crippen molar-refractivity contribution in [2.45, 2.75) is 45.2 Å². The molecule has 0 spiro atoms. The first-order valence-electron chi connectivity index (χ1n) is 9.18. The summed E-state index contributed by atoms with van der Waals surface area (Å²) >= 11 is 6.48. The van der Waals surface area contributed by atoms with Crippen molar-refractivity contribution in [1.82, 2.24) is 19.3 Å². The van der Waals surface area contributed by atoms with Gasteiger partial charge in [0.25, 0.3) is 5.56 Å². The summed E-state index contributed by atoms with van der Waals surface area (Å²) in [5.74, 6) is 0.787. The third-order valence-corrected chi connectivity index (χ3v) is 5.16. The Bertz CT molecular complexity index is 1030. The number of pyridine rings is 2. The SMILES string of the molecule is CCCn1cc(-n2ccc(-c3cnc(NC4(C)CC4)cc3Cl)n2)ccc1=O. The highest BCUT2D eigenvalue weighted by Gasteiger charge is 2.37. The molecule has 4 rings (SSSR count). The lowest BCUT2D eigenvalue weighted by atomic mass is 10.2. The van der Waals surface area contributed by atoms with Gasteiger partial charge in [-0.2, -0.15) is 5.10 Å². The van der Waals surface area contributed by atoms with Gasteiger partial charge in [-0.05, 0) is 44.4 Å². The van der Waals surface area contributed by atoms with Crippen LogP contribution in [0.3, 0.4) is 0 Å². The zero-order valence-electron chi connectivity index (χ0n) is 15.4. The van der Waals surface area contributed by atoms with Crippen LogP contribution >= 0.6 is 11.6 Å². The molecular weight excluding hydrogens is 362 g/mol. The van der Waals surface area contributed by atoms with Crippen molar-refractivity contribution in [3.8, 4) is 16.9 Å². The van der Waals surface area contributed by atoms with Crippen LogP contribution in [-0.2, 0) is 6.54 Å². The van der Waals surface area contributed by atoms with E-state index in [0.717, 1.165) is 42.0 Å². The molecule has 27 heavy (non-hydrogen) atoms. The molecule has 7 heteroatoms. The Kier molecular flexibility index (Phi) is 4.52. The summed E-state index contributed by atoms with van der Waals surface area (Å²) in [6, 6.07) is 7.09. The smallest absolute Gasteiger partial charge is 0.250 e. The van der Waals surface area contributed by atoms with Crippen molar-refractivity contribution < 1.29 is 0 Å². The van der Waals surface area contributed by atoms with Crippen LogP contribution in [0.15, 0.2) is 47.7 Å². The van der Waals surface area contributed by atoms with E-state index < -0.39 is 0 Å². The molecule has 3 aromatic heterocycles. The van der Waals surface area contributed by atoms with E-state index >= 15 is 0 Å². The van der Waals surface area contributed by atoms with Crippen LogP contribution in [0, 0.1) is 0 Å². The number of rotatable bonds is 6. The minimum absolute atomic E-state index is 0.00679. The Morgan fingerprint density at radius 1 is 1.30 bits per heavy atom. The maximum Gasteiger partial charge on any atom is 0.250 e. The molecule has 1 fully saturated rings. The average Bonchev–Trinajstić information content (AvgIpc) is 3.16. The second-order valence-corrected chi connectivity index (χ2v) is 7.71. The Morgan fingerprint density at radius 3 is 2.81 bits per heavy atom. The Morgan fingerprint density at radius 2 is 2.11 bits per heavy atom. The molecule has 1 saturated carbocycles. The summed E-state index contributed by atoms with van der Waals surface area (Å²) in [6.07, 6.45) is 8.64. The molecule has 140 valence electrons. The van der Waals surface area contributed by atoms with Crippen molar-refractivity contribution in [1.29, 1.82) is 0 Å². The lowest BCUT2D eigenvalue weighted by molar-refractivity contribution is 0.648. The van der Waals surface area contributed by atoms with Gasteiger partial charge in [0.05, 0.1) is 16.4 Å². The van der Waals surface area contributed by atoms with Crippen molar-refractivity contribution in [3.05, 3.63) is 58.2 Å². The summed E-state index contributed by atoms with van der Waals surface area (Å²) < 4.78 is 3.44. The normalized spacial score (nSPS) is 14.9. The van der Waals surface area contributed by atoms with Crippen LogP contribution in [0.25, 0.3) is 16.9 Å². The van der Waals surface area contributed by atoms with Gasteiger partial charge in [-0.3, -0.25) is 4.79 Å². The predicted molar refractivity (Wildman–Crippen MR) is 108 cm³/mol. The third kappa shape index (κ3) is 3.76. The van der Waals surface area contributed by atoms with E-state index in [4.69, 9.17) is 11.6 Å². The third-order valence-electron chi connectivity index (χ3n) is 4.85. The Labute approximate surface area is 162 Å². The first-order chi connectivity index (χ1) is 13.0. The van der Waals surface area contributed by atoms with E-state index in [0.29, 0.717) is 11.6 Å². The quantitative estimate of drug-likeness (QED) is 0.695. The minimum Gasteiger partial charge on any atom is -0.365 e. The monoisotopic (exact) mass is 383 g/mol. The number of halogens is 1. The molecule has 0 unspecified atom stereocenters. The highest BCUT2D eigenvalue weighted by Crippen LogP contribution is 2.38. The molecule has 0 atom stereocenters. The van der Waals surface area contributed by atoms with Gasteiger partial charge in [0, 0.05) is 42.3 Å². The molecule has 0 bridgehead atoms. The number of nitrogens with one attached hydrogen (secondary N) is 1. The van der Waals surface area contributed by atoms with Crippen LogP contribution in [0.1, 0.15) is 33.1 Å². The van der Waals surface area contributed by atoms with Crippen LogP contribution in [0.5, 0.6) is 0 Å². The van der Waals surface area contributed by atoms with E-state index in [-0.39, 0.29) is 11.1 Å². The van der Waals surface area contributed by atoms with Crippen LogP contribution in [-0.4, -0.2) is 24.9 Å². The van der Waals surface area contributed by atoms with Crippen LogP contribution in [0.2, 0.25) is 5.02 Å². The first-order valence-corrected chi connectivity index (χ1v) is 9.56. The lowest BCUT2D eigenvalue weighted by Crippen LogP contribution is -2.19. The number of anilines is 1. The van der Waals surface area contributed by atoms with Gasteiger partial charge in [0.1, 0.15) is 5.82 Å². The second-order valence-electron chi connectivity index (χ2n) is 7.30. The van der Waals surface area contributed by atoms with E-state index in [9.17, 15) is 4.79 Å². The Hall–Kier alpha value is -2.60. The molecule has 1 aliphatic rings. The van der Waals surface area contributed by atoms with Crippen molar-refractivity contribution in [2.24, 2.45) is 0 Å². The topological polar surface area (TPSA) is 64.7 Å². The van der Waals surface area contributed by atoms with Crippen molar-refractivity contribution in [2.75, 3.05) is 5.32 Å². The summed E-state index contributed by atoms with van der Waals surface area (Å²) in [5.41, 5.74) is 2.50.